The zero-order valence-corrected chi connectivity index (χ0v) is 13.8. The van der Waals surface area contributed by atoms with Crippen molar-refractivity contribution in [2.24, 2.45) is 0 Å². The van der Waals surface area contributed by atoms with Crippen molar-refractivity contribution in [3.8, 4) is 17.2 Å². The van der Waals surface area contributed by atoms with Crippen LogP contribution in [0.3, 0.4) is 0 Å². The summed E-state index contributed by atoms with van der Waals surface area (Å²) < 4.78 is 11.1. The zero-order chi connectivity index (χ0) is 16.2. The minimum absolute atomic E-state index is 0.801. The normalized spacial score (nSPS) is 11.1. The average molecular weight is 310 g/mol. The molecule has 0 aliphatic carbocycles. The minimum Gasteiger partial charge on any atom is -0.497 e. The Morgan fingerprint density at radius 1 is 0.957 bits per heavy atom. The van der Waals surface area contributed by atoms with Crippen molar-refractivity contribution >= 4 is 10.9 Å². The van der Waals surface area contributed by atoms with Gasteiger partial charge >= 0.3 is 0 Å². The molecule has 0 aliphatic rings. The number of hydrogen-bond donors (Lipinski definition) is 1. The van der Waals surface area contributed by atoms with Gasteiger partial charge in [0.05, 0.1) is 7.11 Å². The fourth-order valence-electron chi connectivity index (χ4n) is 2.55. The van der Waals surface area contributed by atoms with E-state index >= 15 is 0 Å². The molecule has 1 N–H and O–H groups in total. The zero-order valence-electron chi connectivity index (χ0n) is 13.8. The maximum absolute atomic E-state index is 5.96. The van der Waals surface area contributed by atoms with E-state index < -0.39 is 0 Å². The summed E-state index contributed by atoms with van der Waals surface area (Å²) in [7, 11) is 5.84. The number of aromatic amines is 1. The minimum atomic E-state index is 0.801. The summed E-state index contributed by atoms with van der Waals surface area (Å²) in [6.45, 7) is 1.02. The van der Waals surface area contributed by atoms with Crippen LogP contribution in [0.4, 0.5) is 0 Å². The molecule has 0 saturated heterocycles. The van der Waals surface area contributed by atoms with Crippen LogP contribution in [0.2, 0.25) is 0 Å². The Kier molecular flexibility index (Phi) is 4.53. The van der Waals surface area contributed by atoms with Gasteiger partial charge in [-0.2, -0.15) is 0 Å². The molecule has 4 heteroatoms. The molecule has 0 aliphatic heterocycles. The van der Waals surface area contributed by atoms with Gasteiger partial charge in [-0.05, 0) is 68.5 Å². The van der Waals surface area contributed by atoms with Crippen LogP contribution in [0, 0.1) is 0 Å². The van der Waals surface area contributed by atoms with Gasteiger partial charge in [-0.1, -0.05) is 0 Å². The Labute approximate surface area is 136 Å². The lowest BCUT2D eigenvalue weighted by Crippen LogP contribution is -2.14. The Balaban J connectivity index is 1.81. The SMILES string of the molecule is COc1ccc(Oc2ccc3[nH]cc(CCN(C)C)c3c2)cc1. The molecule has 4 nitrogen and oxygen atoms in total. The number of likely N-dealkylation sites (N-methyl/N-ethyl adjacent to an activating group) is 1. The summed E-state index contributed by atoms with van der Waals surface area (Å²) in [6.07, 6.45) is 3.10. The van der Waals surface area contributed by atoms with E-state index in [1.807, 2.05) is 30.3 Å². The number of H-pyrrole nitrogens is 1. The lowest BCUT2D eigenvalue weighted by atomic mass is 10.1. The predicted octanol–water partition coefficient (Wildman–Crippen LogP) is 4.07. The van der Waals surface area contributed by atoms with Crippen LogP contribution in [0.1, 0.15) is 5.56 Å². The number of rotatable bonds is 6. The molecule has 0 amide bonds. The first-order valence-electron chi connectivity index (χ1n) is 7.72. The van der Waals surface area contributed by atoms with Crippen LogP contribution in [-0.4, -0.2) is 37.6 Å². The Bertz CT molecular complexity index is 776. The molecular weight excluding hydrogens is 288 g/mol. The fourth-order valence-corrected chi connectivity index (χ4v) is 2.55. The van der Waals surface area contributed by atoms with Gasteiger partial charge in [-0.25, -0.2) is 0 Å². The van der Waals surface area contributed by atoms with Crippen LogP contribution >= 0.6 is 0 Å². The second-order valence-corrected chi connectivity index (χ2v) is 5.85. The van der Waals surface area contributed by atoms with E-state index in [1.165, 1.54) is 10.9 Å². The summed E-state index contributed by atoms with van der Waals surface area (Å²) in [5.41, 5.74) is 2.45. The highest BCUT2D eigenvalue weighted by atomic mass is 16.5. The number of nitrogens with zero attached hydrogens (tertiary/aromatic N) is 1. The number of aromatic nitrogens is 1. The second kappa shape index (κ2) is 6.75. The third-order valence-electron chi connectivity index (χ3n) is 3.86. The van der Waals surface area contributed by atoms with Gasteiger partial charge in [0.25, 0.3) is 0 Å². The van der Waals surface area contributed by atoms with Crippen molar-refractivity contribution < 1.29 is 9.47 Å². The van der Waals surface area contributed by atoms with Crippen LogP contribution in [-0.2, 0) is 6.42 Å². The molecule has 1 aromatic heterocycles. The van der Waals surface area contributed by atoms with E-state index in [4.69, 9.17) is 9.47 Å². The van der Waals surface area contributed by atoms with Crippen molar-refractivity contribution in [2.75, 3.05) is 27.7 Å². The van der Waals surface area contributed by atoms with Gasteiger partial charge < -0.3 is 19.4 Å². The lowest BCUT2D eigenvalue weighted by molar-refractivity contribution is 0.413. The molecule has 3 rings (SSSR count). The quantitative estimate of drug-likeness (QED) is 0.745. The molecular formula is C19H22N2O2. The molecule has 0 bridgehead atoms. The van der Waals surface area contributed by atoms with Gasteiger partial charge in [0.1, 0.15) is 17.2 Å². The summed E-state index contributed by atoms with van der Waals surface area (Å²) in [5, 5.41) is 1.22. The molecule has 0 atom stereocenters. The van der Waals surface area contributed by atoms with Crippen LogP contribution < -0.4 is 9.47 Å². The predicted molar refractivity (Wildman–Crippen MR) is 93.6 cm³/mol. The molecule has 0 fully saturated rings. The molecule has 120 valence electrons. The van der Waals surface area contributed by atoms with E-state index in [1.54, 1.807) is 7.11 Å². The van der Waals surface area contributed by atoms with Crippen molar-refractivity contribution in [3.63, 3.8) is 0 Å². The first-order chi connectivity index (χ1) is 11.2. The van der Waals surface area contributed by atoms with E-state index in [-0.39, 0.29) is 0 Å². The van der Waals surface area contributed by atoms with Gasteiger partial charge in [-0.3, -0.25) is 0 Å². The van der Waals surface area contributed by atoms with Crippen molar-refractivity contribution in [3.05, 3.63) is 54.2 Å². The topological polar surface area (TPSA) is 37.5 Å². The van der Waals surface area contributed by atoms with E-state index in [9.17, 15) is 0 Å². The first kappa shape index (κ1) is 15.4. The first-order valence-corrected chi connectivity index (χ1v) is 7.72. The summed E-state index contributed by atoms with van der Waals surface area (Å²) in [5.74, 6) is 2.47. The monoisotopic (exact) mass is 310 g/mol. The number of fused-ring (bicyclic) bond motifs is 1. The van der Waals surface area contributed by atoms with Crippen molar-refractivity contribution in [1.82, 2.24) is 9.88 Å². The highest BCUT2D eigenvalue weighted by Crippen LogP contribution is 2.28. The molecule has 0 unspecified atom stereocenters. The maximum atomic E-state index is 5.96. The molecule has 0 radical (unpaired) electrons. The summed E-state index contributed by atoms with van der Waals surface area (Å²) >= 11 is 0. The van der Waals surface area contributed by atoms with Gasteiger partial charge in [0.2, 0.25) is 0 Å². The van der Waals surface area contributed by atoms with E-state index in [2.05, 4.69) is 42.3 Å². The molecule has 3 aromatic rings. The smallest absolute Gasteiger partial charge is 0.128 e. The molecule has 0 spiro atoms. The summed E-state index contributed by atoms with van der Waals surface area (Å²) in [6, 6.07) is 13.8. The van der Waals surface area contributed by atoms with Gasteiger partial charge in [0, 0.05) is 23.6 Å². The Hall–Kier alpha value is -2.46. The maximum Gasteiger partial charge on any atom is 0.128 e. The molecule has 2 aromatic carbocycles. The van der Waals surface area contributed by atoms with Crippen molar-refractivity contribution in [2.45, 2.75) is 6.42 Å². The number of methoxy groups -OCH3 is 1. The number of ether oxygens (including phenoxy) is 2. The standard InChI is InChI=1S/C19H22N2O2/c1-21(2)11-10-14-13-20-19-9-8-17(12-18(14)19)23-16-6-4-15(22-3)5-7-16/h4-9,12-13,20H,10-11H2,1-3H3. The van der Waals surface area contributed by atoms with E-state index in [0.29, 0.717) is 0 Å². The molecule has 0 saturated carbocycles. The van der Waals surface area contributed by atoms with Gasteiger partial charge in [-0.15, -0.1) is 0 Å². The largest absolute Gasteiger partial charge is 0.497 e. The van der Waals surface area contributed by atoms with Gasteiger partial charge in [0.15, 0.2) is 0 Å². The highest BCUT2D eigenvalue weighted by molar-refractivity contribution is 5.84. The van der Waals surface area contributed by atoms with Crippen LogP contribution in [0.15, 0.2) is 48.7 Å². The van der Waals surface area contributed by atoms with Crippen LogP contribution in [0.5, 0.6) is 17.2 Å². The third kappa shape index (κ3) is 3.66. The molecule has 23 heavy (non-hydrogen) atoms. The average Bonchev–Trinajstić information content (AvgIpc) is 2.96. The molecule has 1 heterocycles. The summed E-state index contributed by atoms with van der Waals surface area (Å²) in [4.78, 5) is 5.52. The number of benzene rings is 2. The van der Waals surface area contributed by atoms with E-state index in [0.717, 1.165) is 35.7 Å². The van der Waals surface area contributed by atoms with Crippen LogP contribution in [0.25, 0.3) is 10.9 Å². The third-order valence-corrected chi connectivity index (χ3v) is 3.86. The Morgan fingerprint density at radius 3 is 2.35 bits per heavy atom. The Morgan fingerprint density at radius 2 is 1.65 bits per heavy atom. The fraction of sp³-hybridized carbons (Fsp3) is 0.263. The lowest BCUT2D eigenvalue weighted by Gasteiger charge is -2.09. The van der Waals surface area contributed by atoms with Crippen molar-refractivity contribution in [1.29, 1.82) is 0 Å². The number of nitrogens with one attached hydrogen (secondary N) is 1. The second-order valence-electron chi connectivity index (χ2n) is 5.85. The highest BCUT2D eigenvalue weighted by Gasteiger charge is 2.07. The number of hydrogen-bond acceptors (Lipinski definition) is 3.